The fraction of sp³-hybridized carbons (Fsp3) is 0.250. The van der Waals surface area contributed by atoms with Gasteiger partial charge in [0.15, 0.2) is 6.61 Å². The smallest absolute Gasteiger partial charge is 0.338 e. The second-order valence-corrected chi connectivity index (χ2v) is 8.42. The molecule has 0 spiro atoms. The van der Waals surface area contributed by atoms with Gasteiger partial charge in [-0.05, 0) is 44.2 Å². The van der Waals surface area contributed by atoms with E-state index < -0.39 is 28.5 Å². The number of ether oxygens (including phenoxy) is 1. The number of esters is 1. The van der Waals surface area contributed by atoms with Crippen molar-refractivity contribution in [2.45, 2.75) is 24.8 Å². The van der Waals surface area contributed by atoms with Crippen molar-refractivity contribution < 1.29 is 22.7 Å². The first-order chi connectivity index (χ1) is 13.7. The van der Waals surface area contributed by atoms with Crippen molar-refractivity contribution >= 4 is 27.6 Å². The van der Waals surface area contributed by atoms with Gasteiger partial charge in [-0.1, -0.05) is 18.2 Å². The lowest BCUT2D eigenvalue weighted by Gasteiger charge is -2.21. The summed E-state index contributed by atoms with van der Waals surface area (Å²) in [6, 6.07) is 13.5. The van der Waals surface area contributed by atoms with Crippen LogP contribution in [-0.4, -0.2) is 44.3 Å². The maximum Gasteiger partial charge on any atom is 0.338 e. The molecule has 0 heterocycles. The van der Waals surface area contributed by atoms with Gasteiger partial charge in [-0.2, -0.15) is 9.57 Å². The summed E-state index contributed by atoms with van der Waals surface area (Å²) in [5.41, 5.74) is 0.591. The minimum atomic E-state index is -3.76. The van der Waals surface area contributed by atoms with Crippen molar-refractivity contribution in [2.75, 3.05) is 19.0 Å². The lowest BCUT2D eigenvalue weighted by molar-refractivity contribution is -0.119. The van der Waals surface area contributed by atoms with Crippen LogP contribution in [-0.2, 0) is 19.6 Å². The zero-order valence-corrected chi connectivity index (χ0v) is 17.1. The molecule has 0 saturated carbocycles. The van der Waals surface area contributed by atoms with Crippen LogP contribution in [0, 0.1) is 11.3 Å². The first-order valence-electron chi connectivity index (χ1n) is 8.71. The zero-order valence-electron chi connectivity index (χ0n) is 16.2. The SMILES string of the molecule is CC(C)N(C)S(=O)(=O)c1cccc(C(=O)OCC(=O)Nc2ccccc2C#N)c1. The molecule has 8 nitrogen and oxygen atoms in total. The summed E-state index contributed by atoms with van der Waals surface area (Å²) in [7, 11) is -2.31. The van der Waals surface area contributed by atoms with Crippen LogP contribution >= 0.6 is 0 Å². The molecule has 0 bridgehead atoms. The molecule has 29 heavy (non-hydrogen) atoms. The Balaban J connectivity index is 2.06. The van der Waals surface area contributed by atoms with Crippen LogP contribution in [0.2, 0.25) is 0 Å². The van der Waals surface area contributed by atoms with Crippen LogP contribution in [0.3, 0.4) is 0 Å². The number of para-hydroxylation sites is 1. The number of hydrogen-bond donors (Lipinski definition) is 1. The Morgan fingerprint density at radius 3 is 2.52 bits per heavy atom. The van der Waals surface area contributed by atoms with E-state index in [2.05, 4.69) is 5.32 Å². The third-order valence-electron chi connectivity index (χ3n) is 4.13. The normalized spacial score (nSPS) is 11.2. The number of hydrogen-bond acceptors (Lipinski definition) is 6. The van der Waals surface area contributed by atoms with Crippen molar-refractivity contribution in [3.05, 3.63) is 59.7 Å². The fourth-order valence-corrected chi connectivity index (χ4v) is 3.73. The van der Waals surface area contributed by atoms with Gasteiger partial charge in [-0.15, -0.1) is 0 Å². The van der Waals surface area contributed by atoms with Crippen LogP contribution in [0.1, 0.15) is 29.8 Å². The summed E-state index contributed by atoms with van der Waals surface area (Å²) < 4.78 is 31.3. The lowest BCUT2D eigenvalue weighted by Crippen LogP contribution is -2.33. The maximum atomic E-state index is 12.6. The van der Waals surface area contributed by atoms with Crippen molar-refractivity contribution in [3.63, 3.8) is 0 Å². The average Bonchev–Trinajstić information content (AvgIpc) is 2.71. The van der Waals surface area contributed by atoms with E-state index in [1.807, 2.05) is 6.07 Å². The summed E-state index contributed by atoms with van der Waals surface area (Å²) >= 11 is 0. The van der Waals surface area contributed by atoms with E-state index in [-0.39, 0.29) is 22.1 Å². The van der Waals surface area contributed by atoms with Crippen LogP contribution in [0.5, 0.6) is 0 Å². The molecule has 0 aliphatic carbocycles. The van der Waals surface area contributed by atoms with Crippen molar-refractivity contribution in [1.82, 2.24) is 4.31 Å². The molecule has 0 aliphatic rings. The second kappa shape index (κ2) is 9.32. The summed E-state index contributed by atoms with van der Waals surface area (Å²) in [5.74, 6) is -1.46. The molecule has 0 unspecified atom stereocenters. The molecule has 0 atom stereocenters. The molecule has 0 radical (unpaired) electrons. The molecule has 0 saturated heterocycles. The standard InChI is InChI=1S/C20H21N3O5S/c1-14(2)23(3)29(26,27)17-9-6-8-15(11-17)20(25)28-13-19(24)22-18-10-5-4-7-16(18)12-21/h4-11,14H,13H2,1-3H3,(H,22,24). The Labute approximate surface area is 169 Å². The summed E-state index contributed by atoms with van der Waals surface area (Å²) in [5, 5.41) is 11.5. The summed E-state index contributed by atoms with van der Waals surface area (Å²) in [6.07, 6.45) is 0. The Bertz CT molecular complexity index is 1060. The van der Waals surface area contributed by atoms with E-state index >= 15 is 0 Å². The van der Waals surface area contributed by atoms with Gasteiger partial charge >= 0.3 is 5.97 Å². The van der Waals surface area contributed by atoms with Crippen LogP contribution < -0.4 is 5.32 Å². The molecule has 2 aromatic rings. The minimum absolute atomic E-state index is 0.00783. The monoisotopic (exact) mass is 415 g/mol. The van der Waals surface area contributed by atoms with Gasteiger partial charge in [0.1, 0.15) is 6.07 Å². The number of rotatable bonds is 7. The predicted octanol–water partition coefficient (Wildman–Crippen LogP) is 2.38. The zero-order chi connectivity index (χ0) is 21.6. The van der Waals surface area contributed by atoms with Crippen LogP contribution in [0.4, 0.5) is 5.69 Å². The van der Waals surface area contributed by atoms with E-state index in [1.54, 1.807) is 38.1 Å². The molecule has 1 N–H and O–H groups in total. The van der Waals surface area contributed by atoms with E-state index in [9.17, 15) is 18.0 Å². The highest BCUT2D eigenvalue weighted by Gasteiger charge is 2.24. The number of nitrogens with one attached hydrogen (secondary N) is 1. The van der Waals surface area contributed by atoms with Crippen LogP contribution in [0.25, 0.3) is 0 Å². The number of carbonyl (C=O) groups is 2. The van der Waals surface area contributed by atoms with E-state index in [0.29, 0.717) is 5.69 Å². The van der Waals surface area contributed by atoms with E-state index in [4.69, 9.17) is 10.00 Å². The highest BCUT2D eigenvalue weighted by molar-refractivity contribution is 7.89. The van der Waals surface area contributed by atoms with E-state index in [0.717, 1.165) is 0 Å². The molecule has 0 aliphatic heterocycles. The largest absolute Gasteiger partial charge is 0.452 e. The first kappa shape index (κ1) is 22.1. The molecule has 9 heteroatoms. The maximum absolute atomic E-state index is 12.6. The molecule has 1 amide bonds. The lowest BCUT2D eigenvalue weighted by atomic mass is 10.2. The van der Waals surface area contributed by atoms with Gasteiger partial charge < -0.3 is 10.1 Å². The van der Waals surface area contributed by atoms with Crippen molar-refractivity contribution in [2.24, 2.45) is 0 Å². The topological polar surface area (TPSA) is 117 Å². The third-order valence-corrected chi connectivity index (χ3v) is 6.16. The number of anilines is 1. The highest BCUT2D eigenvalue weighted by Crippen LogP contribution is 2.18. The predicted molar refractivity (Wildman–Crippen MR) is 107 cm³/mol. The van der Waals surface area contributed by atoms with Crippen molar-refractivity contribution in [1.29, 1.82) is 5.26 Å². The number of carbonyl (C=O) groups excluding carboxylic acids is 2. The van der Waals surface area contributed by atoms with Gasteiger partial charge in [0.05, 0.1) is 21.7 Å². The highest BCUT2D eigenvalue weighted by atomic mass is 32.2. The third kappa shape index (κ3) is 5.40. The molecular weight excluding hydrogens is 394 g/mol. The average molecular weight is 415 g/mol. The van der Waals surface area contributed by atoms with Gasteiger partial charge in [0, 0.05) is 13.1 Å². The minimum Gasteiger partial charge on any atom is -0.452 e. The first-order valence-corrected chi connectivity index (χ1v) is 10.1. The molecule has 0 aromatic heterocycles. The molecule has 0 fully saturated rings. The quantitative estimate of drug-likeness (QED) is 0.694. The number of amides is 1. The molecular formula is C20H21N3O5S. The van der Waals surface area contributed by atoms with E-state index in [1.165, 1.54) is 35.6 Å². The van der Waals surface area contributed by atoms with Gasteiger partial charge in [0.25, 0.3) is 5.91 Å². The number of nitriles is 1. The van der Waals surface area contributed by atoms with Gasteiger partial charge in [-0.25, -0.2) is 13.2 Å². The van der Waals surface area contributed by atoms with Gasteiger partial charge in [-0.3, -0.25) is 4.79 Å². The molecule has 152 valence electrons. The summed E-state index contributed by atoms with van der Waals surface area (Å²) in [4.78, 5) is 24.2. The number of nitrogens with zero attached hydrogens (tertiary/aromatic N) is 2. The Morgan fingerprint density at radius 2 is 1.86 bits per heavy atom. The van der Waals surface area contributed by atoms with Crippen molar-refractivity contribution in [3.8, 4) is 6.07 Å². The van der Waals surface area contributed by atoms with Gasteiger partial charge in [0.2, 0.25) is 10.0 Å². The Kier molecular flexibility index (Phi) is 7.09. The molecule has 2 aromatic carbocycles. The Hall–Kier alpha value is -3.22. The number of benzene rings is 2. The van der Waals surface area contributed by atoms with Crippen LogP contribution in [0.15, 0.2) is 53.4 Å². The number of sulfonamides is 1. The molecule has 2 rings (SSSR count). The second-order valence-electron chi connectivity index (χ2n) is 6.42. The fourth-order valence-electron chi connectivity index (χ4n) is 2.32. The summed E-state index contributed by atoms with van der Waals surface area (Å²) in [6.45, 7) is 2.89. The Morgan fingerprint density at radius 1 is 1.17 bits per heavy atom.